The van der Waals surface area contributed by atoms with Gasteiger partial charge in [-0.25, -0.2) is 12.8 Å². The fourth-order valence-corrected chi connectivity index (χ4v) is 4.92. The first kappa shape index (κ1) is 14.8. The second-order valence-corrected chi connectivity index (χ2v) is 7.48. The van der Waals surface area contributed by atoms with Crippen LogP contribution in [0, 0.1) is 5.82 Å². The van der Waals surface area contributed by atoms with E-state index >= 15 is 0 Å². The molecule has 0 unspecified atom stereocenters. The van der Waals surface area contributed by atoms with Crippen molar-refractivity contribution in [3.8, 4) is 0 Å². The lowest BCUT2D eigenvalue weighted by Crippen LogP contribution is -2.42. The third-order valence-corrected chi connectivity index (χ3v) is 6.05. The van der Waals surface area contributed by atoms with Crippen LogP contribution in [0.1, 0.15) is 32.3 Å². The first-order chi connectivity index (χ1) is 8.79. The molecule has 0 saturated carbocycles. The Labute approximate surface area is 118 Å². The lowest BCUT2D eigenvalue weighted by Gasteiger charge is -2.31. The highest BCUT2D eigenvalue weighted by Gasteiger charge is 2.41. The van der Waals surface area contributed by atoms with Crippen LogP contribution in [0.3, 0.4) is 0 Å². The summed E-state index contributed by atoms with van der Waals surface area (Å²) >= 11 is 5.76. The first-order valence-corrected chi connectivity index (χ1v) is 8.14. The van der Waals surface area contributed by atoms with E-state index in [4.69, 9.17) is 11.6 Å². The predicted molar refractivity (Wildman–Crippen MR) is 73.2 cm³/mol. The van der Waals surface area contributed by atoms with Crippen LogP contribution in [0.4, 0.5) is 4.39 Å². The molecular weight excluding hydrogens is 289 g/mol. The molecule has 3 nitrogen and oxygen atoms in total. The third kappa shape index (κ3) is 2.64. The average Bonchev–Trinajstić information content (AvgIpc) is 2.69. The van der Waals surface area contributed by atoms with Crippen LogP contribution in [0.2, 0.25) is 0 Å². The third-order valence-electron chi connectivity index (χ3n) is 3.57. The standard InChI is InChI=1S/C13H17ClFNO2S/c1-13(2)6-3-7-16(13)19(17,18)12-8-11(15)5-4-10(12)9-14/h4-5,8H,3,6-7,9H2,1-2H3. The van der Waals surface area contributed by atoms with E-state index < -0.39 is 21.4 Å². The fourth-order valence-electron chi connectivity index (χ4n) is 2.53. The quantitative estimate of drug-likeness (QED) is 0.805. The molecule has 1 saturated heterocycles. The number of hydrogen-bond acceptors (Lipinski definition) is 2. The van der Waals surface area contributed by atoms with Crippen molar-refractivity contribution in [3.05, 3.63) is 29.6 Å². The van der Waals surface area contributed by atoms with Crippen molar-refractivity contribution in [2.75, 3.05) is 6.54 Å². The summed E-state index contributed by atoms with van der Waals surface area (Å²) in [6, 6.07) is 3.71. The molecule has 0 atom stereocenters. The molecule has 0 spiro atoms. The molecule has 106 valence electrons. The van der Waals surface area contributed by atoms with Crippen molar-refractivity contribution in [1.82, 2.24) is 4.31 Å². The molecule has 1 aliphatic heterocycles. The van der Waals surface area contributed by atoms with Crippen LogP contribution >= 0.6 is 11.6 Å². The molecule has 2 rings (SSSR count). The van der Waals surface area contributed by atoms with E-state index in [1.165, 1.54) is 16.4 Å². The Bertz CT molecular complexity index is 586. The molecule has 0 amide bonds. The molecule has 1 heterocycles. The van der Waals surface area contributed by atoms with Crippen LogP contribution in [0.15, 0.2) is 23.1 Å². The summed E-state index contributed by atoms with van der Waals surface area (Å²) in [4.78, 5) is -0.0162. The maximum absolute atomic E-state index is 13.4. The number of nitrogens with zero attached hydrogens (tertiary/aromatic N) is 1. The molecule has 0 radical (unpaired) electrons. The Hall–Kier alpha value is -0.650. The summed E-state index contributed by atoms with van der Waals surface area (Å²) < 4.78 is 40.2. The molecule has 1 aliphatic rings. The topological polar surface area (TPSA) is 37.4 Å². The summed E-state index contributed by atoms with van der Waals surface area (Å²) in [5.74, 6) is -0.521. The van der Waals surface area contributed by atoms with Crippen molar-refractivity contribution < 1.29 is 12.8 Å². The van der Waals surface area contributed by atoms with Gasteiger partial charge in [-0.2, -0.15) is 4.31 Å². The van der Waals surface area contributed by atoms with Gasteiger partial charge in [0.05, 0.1) is 4.90 Å². The first-order valence-electron chi connectivity index (χ1n) is 6.16. The molecule has 6 heteroatoms. The van der Waals surface area contributed by atoms with Gasteiger partial charge < -0.3 is 0 Å². The Morgan fingerprint density at radius 2 is 2.11 bits per heavy atom. The summed E-state index contributed by atoms with van der Waals surface area (Å²) in [6.45, 7) is 4.24. The largest absolute Gasteiger partial charge is 0.243 e. The van der Waals surface area contributed by atoms with Crippen molar-refractivity contribution >= 4 is 21.6 Å². The van der Waals surface area contributed by atoms with Crippen LogP contribution in [-0.4, -0.2) is 24.8 Å². The molecule has 0 N–H and O–H groups in total. The van der Waals surface area contributed by atoms with E-state index in [1.54, 1.807) is 0 Å². The molecule has 0 aliphatic carbocycles. The molecular formula is C13H17ClFNO2S. The minimum Gasteiger partial charge on any atom is -0.207 e. The zero-order valence-electron chi connectivity index (χ0n) is 11.0. The number of halogens is 2. The second kappa shape index (κ2) is 5.04. The van der Waals surface area contributed by atoms with E-state index in [2.05, 4.69) is 0 Å². The van der Waals surface area contributed by atoms with Gasteiger partial charge in [-0.15, -0.1) is 11.6 Å². The van der Waals surface area contributed by atoms with E-state index in [0.717, 1.165) is 18.9 Å². The molecule has 1 aromatic rings. The van der Waals surface area contributed by atoms with Crippen LogP contribution in [0.25, 0.3) is 0 Å². The molecule has 1 aromatic carbocycles. The highest BCUT2D eigenvalue weighted by molar-refractivity contribution is 7.89. The van der Waals surface area contributed by atoms with E-state index in [9.17, 15) is 12.8 Å². The van der Waals surface area contributed by atoms with Crippen molar-refractivity contribution in [2.45, 2.75) is 43.0 Å². The molecule has 19 heavy (non-hydrogen) atoms. The summed E-state index contributed by atoms with van der Waals surface area (Å²) in [7, 11) is -3.70. The van der Waals surface area contributed by atoms with Crippen molar-refractivity contribution in [1.29, 1.82) is 0 Å². The predicted octanol–water partition coefficient (Wildman–Crippen LogP) is 3.13. The molecule has 0 bridgehead atoms. The maximum Gasteiger partial charge on any atom is 0.243 e. The highest BCUT2D eigenvalue weighted by atomic mass is 35.5. The van der Waals surface area contributed by atoms with Crippen LogP contribution < -0.4 is 0 Å². The summed E-state index contributed by atoms with van der Waals surface area (Å²) in [5.41, 5.74) is 0.000115. The van der Waals surface area contributed by atoms with Gasteiger partial charge in [0, 0.05) is 18.0 Å². The Kier molecular flexibility index (Phi) is 3.91. The van der Waals surface area contributed by atoms with Crippen LogP contribution in [0.5, 0.6) is 0 Å². The maximum atomic E-state index is 13.4. The number of sulfonamides is 1. The smallest absolute Gasteiger partial charge is 0.207 e. The van der Waals surface area contributed by atoms with Gasteiger partial charge in [0.25, 0.3) is 0 Å². The minimum atomic E-state index is -3.70. The molecule has 1 fully saturated rings. The Morgan fingerprint density at radius 3 is 2.63 bits per heavy atom. The summed E-state index contributed by atoms with van der Waals surface area (Å²) in [6.07, 6.45) is 1.62. The highest BCUT2D eigenvalue weighted by Crippen LogP contribution is 2.35. The number of hydrogen-bond donors (Lipinski definition) is 0. The normalized spacial score (nSPS) is 19.8. The number of rotatable bonds is 3. The SMILES string of the molecule is CC1(C)CCCN1S(=O)(=O)c1cc(F)ccc1CCl. The average molecular weight is 306 g/mol. The lowest BCUT2D eigenvalue weighted by atomic mass is 10.0. The minimum absolute atomic E-state index is 0.0162. The monoisotopic (exact) mass is 305 g/mol. The molecule has 0 aromatic heterocycles. The fraction of sp³-hybridized carbons (Fsp3) is 0.538. The van der Waals surface area contributed by atoms with Gasteiger partial charge in [0.15, 0.2) is 0 Å². The van der Waals surface area contributed by atoms with Gasteiger partial charge in [0.2, 0.25) is 10.0 Å². The second-order valence-electron chi connectivity index (χ2n) is 5.38. The van der Waals surface area contributed by atoms with Gasteiger partial charge in [-0.1, -0.05) is 6.07 Å². The van der Waals surface area contributed by atoms with Crippen molar-refractivity contribution in [3.63, 3.8) is 0 Å². The van der Waals surface area contributed by atoms with E-state index in [1.807, 2.05) is 13.8 Å². The number of alkyl halides is 1. The van der Waals surface area contributed by atoms with E-state index in [0.29, 0.717) is 12.1 Å². The van der Waals surface area contributed by atoms with Gasteiger partial charge in [-0.05, 0) is 44.4 Å². The van der Waals surface area contributed by atoms with Crippen molar-refractivity contribution in [2.24, 2.45) is 0 Å². The number of benzene rings is 1. The van der Waals surface area contributed by atoms with Gasteiger partial charge in [0.1, 0.15) is 5.82 Å². The zero-order chi connectivity index (χ0) is 14.3. The van der Waals surface area contributed by atoms with Crippen LogP contribution in [-0.2, 0) is 15.9 Å². The lowest BCUT2D eigenvalue weighted by molar-refractivity contribution is 0.291. The summed E-state index contributed by atoms with van der Waals surface area (Å²) in [5, 5.41) is 0. The van der Waals surface area contributed by atoms with E-state index in [-0.39, 0.29) is 10.8 Å². The Balaban J connectivity index is 2.54. The van der Waals surface area contributed by atoms with Gasteiger partial charge >= 0.3 is 0 Å². The van der Waals surface area contributed by atoms with Gasteiger partial charge in [-0.3, -0.25) is 0 Å². The zero-order valence-corrected chi connectivity index (χ0v) is 12.6. The Morgan fingerprint density at radius 1 is 1.42 bits per heavy atom.